The van der Waals surface area contributed by atoms with Crippen molar-refractivity contribution in [2.24, 2.45) is 0 Å². The summed E-state index contributed by atoms with van der Waals surface area (Å²) in [5, 5.41) is 0. The largest absolute Gasteiger partial charge is 0.456 e. The summed E-state index contributed by atoms with van der Waals surface area (Å²) in [5.41, 5.74) is 0.492. The average Bonchev–Trinajstić information content (AvgIpc) is 2.93. The van der Waals surface area contributed by atoms with Gasteiger partial charge >= 0.3 is 5.97 Å². The molecule has 27 heavy (non-hydrogen) atoms. The molecule has 4 heteroatoms. The van der Waals surface area contributed by atoms with Crippen molar-refractivity contribution in [2.75, 3.05) is 13.9 Å². The predicted octanol–water partition coefficient (Wildman–Crippen LogP) is 5.55. The van der Waals surface area contributed by atoms with Gasteiger partial charge in [0.2, 0.25) is 0 Å². The van der Waals surface area contributed by atoms with Gasteiger partial charge < -0.3 is 14.2 Å². The third kappa shape index (κ3) is 10.6. The number of carbonyl (C=O) groups excluding carboxylic acids is 1. The Balaban J connectivity index is 2.10. The number of ether oxygens (including phenoxy) is 3. The van der Waals surface area contributed by atoms with E-state index >= 15 is 0 Å². The van der Waals surface area contributed by atoms with E-state index in [0.717, 1.165) is 12.8 Å². The van der Waals surface area contributed by atoms with Crippen LogP contribution in [0.2, 0.25) is 0 Å². The molecular weight excluding hydrogens is 340 g/mol. The number of carbonyl (C=O) groups is 1. The van der Waals surface area contributed by atoms with Crippen molar-refractivity contribution in [1.82, 2.24) is 0 Å². The van der Waals surface area contributed by atoms with Crippen LogP contribution in [-0.4, -0.2) is 32.1 Å². The maximum Gasteiger partial charge on any atom is 0.337 e. The third-order valence-corrected chi connectivity index (χ3v) is 4.86. The van der Waals surface area contributed by atoms with E-state index in [1.54, 1.807) is 13.2 Å². The zero-order valence-corrected chi connectivity index (χ0v) is 17.6. The summed E-state index contributed by atoms with van der Waals surface area (Å²) in [6.45, 7) is 4.21. The summed E-state index contributed by atoms with van der Waals surface area (Å²) in [5.74, 6) is 5.78. The van der Waals surface area contributed by atoms with Crippen LogP contribution in [0.4, 0.5) is 0 Å². The summed E-state index contributed by atoms with van der Waals surface area (Å²) < 4.78 is 15.6. The Morgan fingerprint density at radius 2 is 1.59 bits per heavy atom. The molecule has 1 saturated heterocycles. The van der Waals surface area contributed by atoms with Gasteiger partial charge in [0.05, 0.1) is 5.57 Å². The molecule has 1 fully saturated rings. The number of rotatable bonds is 14. The lowest BCUT2D eigenvalue weighted by atomic mass is 10.1. The zero-order valence-electron chi connectivity index (χ0n) is 17.6. The molecule has 0 aromatic carbocycles. The summed E-state index contributed by atoms with van der Waals surface area (Å²) >= 11 is 0. The Morgan fingerprint density at radius 1 is 1.00 bits per heavy atom. The Bertz CT molecular complexity index is 486. The van der Waals surface area contributed by atoms with Crippen molar-refractivity contribution in [3.63, 3.8) is 0 Å². The molecule has 0 spiro atoms. The van der Waals surface area contributed by atoms with E-state index in [-0.39, 0.29) is 18.9 Å². The van der Waals surface area contributed by atoms with Crippen molar-refractivity contribution in [3.8, 4) is 11.8 Å². The fourth-order valence-electron chi connectivity index (χ4n) is 3.25. The van der Waals surface area contributed by atoms with Gasteiger partial charge in [-0.05, 0) is 13.3 Å². The average molecular weight is 379 g/mol. The minimum Gasteiger partial charge on any atom is -0.456 e. The zero-order chi connectivity index (χ0) is 19.7. The molecule has 1 aliphatic rings. The molecule has 0 aromatic heterocycles. The smallest absolute Gasteiger partial charge is 0.337 e. The number of esters is 1. The van der Waals surface area contributed by atoms with Gasteiger partial charge in [-0.2, -0.15) is 0 Å². The van der Waals surface area contributed by atoms with Gasteiger partial charge in [-0.25, -0.2) is 4.79 Å². The first kappa shape index (κ1) is 23.7. The highest BCUT2D eigenvalue weighted by Gasteiger charge is 2.37. The highest BCUT2D eigenvalue weighted by Crippen LogP contribution is 2.23. The van der Waals surface area contributed by atoms with Crippen LogP contribution in [0.25, 0.3) is 0 Å². The van der Waals surface area contributed by atoms with E-state index in [1.165, 1.54) is 64.2 Å². The SMILES string of the molecule is CCCCCCCCCCCCCC#C/C=C1/C(=O)O[C@@H](C)[C@@H]1OCOC. The maximum atomic E-state index is 11.8. The second-order valence-corrected chi connectivity index (χ2v) is 7.31. The molecule has 0 amide bonds. The third-order valence-electron chi connectivity index (χ3n) is 4.86. The number of cyclic esters (lactones) is 1. The maximum absolute atomic E-state index is 11.8. The van der Waals surface area contributed by atoms with E-state index < -0.39 is 6.10 Å². The van der Waals surface area contributed by atoms with E-state index in [2.05, 4.69) is 18.8 Å². The molecular formula is C23H38O4. The van der Waals surface area contributed by atoms with Gasteiger partial charge in [-0.3, -0.25) is 0 Å². The summed E-state index contributed by atoms with van der Waals surface area (Å²) in [7, 11) is 1.55. The van der Waals surface area contributed by atoms with E-state index in [0.29, 0.717) is 5.57 Å². The molecule has 154 valence electrons. The van der Waals surface area contributed by atoms with Crippen LogP contribution in [0.3, 0.4) is 0 Å². The Hall–Kier alpha value is -1.31. The van der Waals surface area contributed by atoms with Gasteiger partial charge in [0.1, 0.15) is 19.0 Å². The number of allylic oxidation sites excluding steroid dienone is 1. The Morgan fingerprint density at radius 3 is 2.19 bits per heavy atom. The molecule has 1 rings (SSSR count). The molecule has 1 aliphatic heterocycles. The second kappa shape index (κ2) is 15.7. The van der Waals surface area contributed by atoms with E-state index in [1.807, 2.05) is 6.92 Å². The molecule has 0 radical (unpaired) electrons. The summed E-state index contributed by atoms with van der Waals surface area (Å²) in [4.78, 5) is 11.8. The number of hydrogen-bond acceptors (Lipinski definition) is 4. The lowest BCUT2D eigenvalue weighted by molar-refractivity contribution is -0.140. The van der Waals surface area contributed by atoms with Crippen molar-refractivity contribution in [3.05, 3.63) is 11.6 Å². The van der Waals surface area contributed by atoms with Gasteiger partial charge in [0, 0.05) is 19.6 Å². The standard InChI is InChI=1S/C23H38O4/c1-4-5-6-7-8-9-10-11-12-13-14-15-16-17-18-21-22(26-19-25-3)20(2)27-23(21)24/h18,20,22H,4-15,19H2,1-3H3/b21-18+/t20-,22-/m0/s1. The summed E-state index contributed by atoms with van der Waals surface area (Å²) in [6.07, 6.45) is 16.5. The van der Waals surface area contributed by atoms with Crippen LogP contribution in [0.5, 0.6) is 0 Å². The van der Waals surface area contributed by atoms with Crippen LogP contribution in [-0.2, 0) is 19.0 Å². The molecule has 0 N–H and O–H groups in total. The van der Waals surface area contributed by atoms with Crippen molar-refractivity contribution < 1.29 is 19.0 Å². The first-order chi connectivity index (χ1) is 13.2. The fourth-order valence-corrected chi connectivity index (χ4v) is 3.25. The number of unbranched alkanes of at least 4 members (excludes halogenated alkanes) is 11. The quantitative estimate of drug-likeness (QED) is 0.131. The summed E-state index contributed by atoms with van der Waals surface area (Å²) in [6, 6.07) is 0. The van der Waals surface area contributed by atoms with Gasteiger partial charge in [0.25, 0.3) is 0 Å². The normalized spacial score (nSPS) is 20.6. The van der Waals surface area contributed by atoms with E-state index in [4.69, 9.17) is 14.2 Å². The molecule has 4 nitrogen and oxygen atoms in total. The predicted molar refractivity (Wildman–Crippen MR) is 109 cm³/mol. The van der Waals surface area contributed by atoms with Gasteiger partial charge in [-0.15, -0.1) is 0 Å². The lowest BCUT2D eigenvalue weighted by Gasteiger charge is -2.13. The van der Waals surface area contributed by atoms with Crippen LogP contribution in [0.15, 0.2) is 11.6 Å². The van der Waals surface area contributed by atoms with Gasteiger partial charge in [-0.1, -0.05) is 83.0 Å². The van der Waals surface area contributed by atoms with Crippen molar-refractivity contribution in [2.45, 2.75) is 103 Å². The Labute approximate surface area is 166 Å². The molecule has 2 atom stereocenters. The molecule has 0 saturated carbocycles. The van der Waals surface area contributed by atoms with Crippen LogP contribution in [0.1, 0.15) is 90.9 Å². The van der Waals surface area contributed by atoms with Crippen LogP contribution < -0.4 is 0 Å². The molecule has 0 aromatic rings. The highest BCUT2D eigenvalue weighted by molar-refractivity contribution is 5.92. The molecule has 1 heterocycles. The van der Waals surface area contributed by atoms with Crippen molar-refractivity contribution in [1.29, 1.82) is 0 Å². The fraction of sp³-hybridized carbons (Fsp3) is 0.783. The number of hydrogen-bond donors (Lipinski definition) is 0. The van der Waals surface area contributed by atoms with E-state index in [9.17, 15) is 4.79 Å². The first-order valence-electron chi connectivity index (χ1n) is 10.7. The second-order valence-electron chi connectivity index (χ2n) is 7.31. The van der Waals surface area contributed by atoms with Crippen molar-refractivity contribution >= 4 is 5.97 Å². The highest BCUT2D eigenvalue weighted by atomic mass is 16.7. The molecule has 0 aliphatic carbocycles. The lowest BCUT2D eigenvalue weighted by Crippen LogP contribution is -2.23. The molecule has 0 bridgehead atoms. The van der Waals surface area contributed by atoms with Crippen LogP contribution >= 0.6 is 0 Å². The first-order valence-corrected chi connectivity index (χ1v) is 10.7. The van der Waals surface area contributed by atoms with Gasteiger partial charge in [0.15, 0.2) is 0 Å². The Kier molecular flexibility index (Phi) is 13.8. The number of methoxy groups -OCH3 is 1. The minimum atomic E-state index is -0.395. The topological polar surface area (TPSA) is 44.8 Å². The van der Waals surface area contributed by atoms with Crippen LogP contribution in [0, 0.1) is 11.8 Å². The minimum absolute atomic E-state index is 0.134. The monoisotopic (exact) mass is 378 g/mol. The molecule has 0 unspecified atom stereocenters.